The van der Waals surface area contributed by atoms with Crippen LogP contribution in [0.15, 0.2) is 6.20 Å². The number of hydrogen-bond acceptors (Lipinski definition) is 3. The number of fused-ring (bicyclic) bond motifs is 2. The first kappa shape index (κ1) is 8.91. The second kappa shape index (κ2) is 3.06. The summed E-state index contributed by atoms with van der Waals surface area (Å²) in [7, 11) is 0. The van der Waals surface area contributed by atoms with Crippen molar-refractivity contribution in [2.75, 3.05) is 0 Å². The zero-order chi connectivity index (χ0) is 10.4. The molecule has 2 N–H and O–H groups in total. The molecule has 0 amide bonds. The number of nitrogens with one attached hydrogen (secondary N) is 1. The fourth-order valence-corrected chi connectivity index (χ4v) is 2.56. The van der Waals surface area contributed by atoms with E-state index in [0.717, 1.165) is 25.1 Å². The number of imidazole rings is 1. The first-order valence-electron chi connectivity index (χ1n) is 5.17. The number of ether oxygens (including phenoxy) is 1. The molecule has 0 aromatic carbocycles. The molecule has 5 heteroatoms. The highest BCUT2D eigenvalue weighted by molar-refractivity contribution is 5.85. The number of carboxylic acid groups (broad SMARTS) is 1. The summed E-state index contributed by atoms with van der Waals surface area (Å²) in [6.45, 7) is 0. The van der Waals surface area contributed by atoms with Crippen LogP contribution < -0.4 is 0 Å². The van der Waals surface area contributed by atoms with Gasteiger partial charge in [0.15, 0.2) is 0 Å². The third-order valence-corrected chi connectivity index (χ3v) is 3.28. The number of aromatic nitrogens is 2. The number of carboxylic acids is 1. The molecule has 5 nitrogen and oxygen atoms in total. The second-order valence-corrected chi connectivity index (χ2v) is 4.20. The molecule has 3 unspecified atom stereocenters. The summed E-state index contributed by atoms with van der Waals surface area (Å²) in [5.74, 6) is 0.0641. The van der Waals surface area contributed by atoms with E-state index in [1.165, 1.54) is 6.20 Å². The first-order valence-corrected chi connectivity index (χ1v) is 5.17. The normalized spacial score (nSPS) is 33.5. The summed E-state index contributed by atoms with van der Waals surface area (Å²) in [6, 6.07) is 0. The molecule has 1 aromatic heterocycles. The maximum absolute atomic E-state index is 10.7. The molecule has 0 saturated carbocycles. The van der Waals surface area contributed by atoms with Crippen molar-refractivity contribution in [1.82, 2.24) is 9.97 Å². The molecule has 80 valence electrons. The highest BCUT2D eigenvalue weighted by atomic mass is 16.5. The summed E-state index contributed by atoms with van der Waals surface area (Å²) in [5, 5.41) is 8.77. The van der Waals surface area contributed by atoms with Crippen LogP contribution in [-0.4, -0.2) is 33.3 Å². The Bertz CT molecular complexity index is 401. The van der Waals surface area contributed by atoms with E-state index in [1.54, 1.807) is 0 Å². The Balaban J connectivity index is 1.84. The average Bonchev–Trinajstić information content (AvgIpc) is 2.93. The number of nitrogens with zero attached hydrogens (tertiary/aromatic N) is 1. The van der Waals surface area contributed by atoms with Crippen LogP contribution >= 0.6 is 0 Å². The van der Waals surface area contributed by atoms with Gasteiger partial charge in [0.05, 0.1) is 18.4 Å². The van der Waals surface area contributed by atoms with Crippen LogP contribution in [0.5, 0.6) is 0 Å². The van der Waals surface area contributed by atoms with Gasteiger partial charge >= 0.3 is 5.97 Å². The van der Waals surface area contributed by atoms with E-state index in [0.29, 0.717) is 6.10 Å². The van der Waals surface area contributed by atoms with Crippen LogP contribution in [0.3, 0.4) is 0 Å². The minimum absolute atomic E-state index is 0.160. The molecule has 0 spiro atoms. The highest BCUT2D eigenvalue weighted by Gasteiger charge is 2.42. The van der Waals surface area contributed by atoms with Gasteiger partial charge in [0.25, 0.3) is 0 Å². The fourth-order valence-electron chi connectivity index (χ4n) is 2.56. The molecule has 3 atom stereocenters. The topological polar surface area (TPSA) is 75.2 Å². The third-order valence-electron chi connectivity index (χ3n) is 3.28. The Labute approximate surface area is 86.5 Å². The van der Waals surface area contributed by atoms with Crippen LogP contribution in [0.1, 0.15) is 41.5 Å². The van der Waals surface area contributed by atoms with Crippen molar-refractivity contribution >= 4 is 5.97 Å². The molecule has 3 heterocycles. The number of rotatable bonds is 2. The van der Waals surface area contributed by atoms with Crippen molar-refractivity contribution in [3.8, 4) is 0 Å². The summed E-state index contributed by atoms with van der Waals surface area (Å²) < 4.78 is 5.70. The first-order chi connectivity index (χ1) is 7.24. The molecular weight excluding hydrogens is 196 g/mol. The van der Waals surface area contributed by atoms with Gasteiger partial charge in [0.2, 0.25) is 0 Å². The van der Waals surface area contributed by atoms with Crippen molar-refractivity contribution in [2.24, 2.45) is 0 Å². The van der Waals surface area contributed by atoms with Gasteiger partial charge in [-0.1, -0.05) is 0 Å². The Morgan fingerprint density at radius 2 is 2.47 bits per heavy atom. The van der Waals surface area contributed by atoms with Crippen LogP contribution in [0.25, 0.3) is 0 Å². The SMILES string of the molecule is O=C(O)c1cnc(C2CC3CCC2O3)[nH]1. The van der Waals surface area contributed by atoms with Crippen molar-refractivity contribution in [3.05, 3.63) is 17.7 Å². The van der Waals surface area contributed by atoms with E-state index in [2.05, 4.69) is 9.97 Å². The lowest BCUT2D eigenvalue weighted by molar-refractivity contribution is 0.0690. The third kappa shape index (κ3) is 1.34. The number of carbonyl (C=O) groups is 1. The highest BCUT2D eigenvalue weighted by Crippen LogP contribution is 2.43. The molecule has 2 aliphatic rings. The van der Waals surface area contributed by atoms with Gasteiger partial charge in [-0.25, -0.2) is 9.78 Å². The van der Waals surface area contributed by atoms with Crippen LogP contribution in [-0.2, 0) is 4.74 Å². The number of hydrogen-bond donors (Lipinski definition) is 2. The van der Waals surface area contributed by atoms with E-state index >= 15 is 0 Å². The summed E-state index contributed by atoms with van der Waals surface area (Å²) in [6.07, 6.45) is 5.15. The average molecular weight is 208 g/mol. The minimum Gasteiger partial charge on any atom is -0.477 e. The molecule has 1 aromatic rings. The lowest BCUT2D eigenvalue weighted by Crippen LogP contribution is -2.15. The largest absolute Gasteiger partial charge is 0.477 e. The van der Waals surface area contributed by atoms with Crippen molar-refractivity contribution in [1.29, 1.82) is 0 Å². The molecule has 0 radical (unpaired) electrons. The van der Waals surface area contributed by atoms with Gasteiger partial charge in [0.1, 0.15) is 11.5 Å². The molecular formula is C10H12N2O3. The van der Waals surface area contributed by atoms with E-state index in [-0.39, 0.29) is 17.7 Å². The van der Waals surface area contributed by atoms with Gasteiger partial charge in [-0.15, -0.1) is 0 Å². The molecule has 2 aliphatic heterocycles. The molecule has 0 aliphatic carbocycles. The second-order valence-electron chi connectivity index (χ2n) is 4.20. The molecule has 2 saturated heterocycles. The predicted octanol–water partition coefficient (Wildman–Crippen LogP) is 1.14. The summed E-state index contributed by atoms with van der Waals surface area (Å²) in [4.78, 5) is 17.7. The maximum atomic E-state index is 10.7. The van der Waals surface area contributed by atoms with E-state index in [1.807, 2.05) is 0 Å². The number of aromatic carboxylic acids is 1. The lowest BCUT2D eigenvalue weighted by Gasteiger charge is -2.15. The molecule has 3 rings (SSSR count). The maximum Gasteiger partial charge on any atom is 0.353 e. The van der Waals surface area contributed by atoms with E-state index in [9.17, 15) is 4.79 Å². The predicted molar refractivity (Wildman–Crippen MR) is 50.8 cm³/mol. The standard InChI is InChI=1S/C10H12N2O3/c13-10(14)7-4-11-9(12-7)6-3-5-1-2-8(6)15-5/h4-6,8H,1-3H2,(H,11,12)(H,13,14). The van der Waals surface area contributed by atoms with Gasteiger partial charge in [-0.05, 0) is 19.3 Å². The Kier molecular flexibility index (Phi) is 1.82. The quantitative estimate of drug-likeness (QED) is 0.764. The number of H-pyrrole nitrogens is 1. The van der Waals surface area contributed by atoms with Crippen LogP contribution in [0.2, 0.25) is 0 Å². The van der Waals surface area contributed by atoms with E-state index in [4.69, 9.17) is 9.84 Å². The smallest absolute Gasteiger partial charge is 0.353 e. The lowest BCUT2D eigenvalue weighted by atomic mass is 9.89. The Morgan fingerprint density at radius 1 is 1.60 bits per heavy atom. The molecule has 2 bridgehead atoms. The van der Waals surface area contributed by atoms with Gasteiger partial charge in [-0.2, -0.15) is 0 Å². The van der Waals surface area contributed by atoms with Gasteiger partial charge in [0, 0.05) is 5.92 Å². The Morgan fingerprint density at radius 3 is 3.00 bits per heavy atom. The summed E-state index contributed by atoms with van der Waals surface area (Å²) >= 11 is 0. The minimum atomic E-state index is -0.960. The van der Waals surface area contributed by atoms with E-state index < -0.39 is 5.97 Å². The van der Waals surface area contributed by atoms with Gasteiger partial charge in [-0.3, -0.25) is 0 Å². The molecule has 15 heavy (non-hydrogen) atoms. The summed E-state index contributed by atoms with van der Waals surface area (Å²) in [5.41, 5.74) is 0.160. The van der Waals surface area contributed by atoms with Crippen molar-refractivity contribution < 1.29 is 14.6 Å². The molecule has 2 fully saturated rings. The van der Waals surface area contributed by atoms with Crippen molar-refractivity contribution in [2.45, 2.75) is 37.4 Å². The zero-order valence-electron chi connectivity index (χ0n) is 8.14. The van der Waals surface area contributed by atoms with Crippen LogP contribution in [0.4, 0.5) is 0 Å². The monoisotopic (exact) mass is 208 g/mol. The zero-order valence-corrected chi connectivity index (χ0v) is 8.14. The van der Waals surface area contributed by atoms with Crippen LogP contribution in [0, 0.1) is 0 Å². The Hall–Kier alpha value is -1.36. The van der Waals surface area contributed by atoms with Gasteiger partial charge < -0.3 is 14.8 Å². The number of aromatic amines is 1. The fraction of sp³-hybridized carbons (Fsp3) is 0.600. The van der Waals surface area contributed by atoms with Crippen molar-refractivity contribution in [3.63, 3.8) is 0 Å².